The molecule has 3 heteroatoms. The second-order valence-electron chi connectivity index (χ2n) is 4.29. The van der Waals surface area contributed by atoms with Crippen LogP contribution in [-0.2, 0) is 14.3 Å². The van der Waals surface area contributed by atoms with E-state index < -0.39 is 0 Å². The topological polar surface area (TPSA) is 35.5 Å². The predicted octanol–water partition coefficient (Wildman–Crippen LogP) is 3.32. The highest BCUT2D eigenvalue weighted by atomic mass is 16.6. The van der Waals surface area contributed by atoms with Crippen molar-refractivity contribution >= 4 is 5.97 Å². The highest BCUT2D eigenvalue weighted by Gasteiger charge is 2.08. The first kappa shape index (κ1) is 15.4. The van der Waals surface area contributed by atoms with Crippen LogP contribution in [0.2, 0.25) is 0 Å². The van der Waals surface area contributed by atoms with E-state index in [2.05, 4.69) is 6.92 Å². The molecule has 0 N–H and O–H groups in total. The minimum atomic E-state index is -0.263. The molecule has 96 valence electrons. The molecular weight excluding hydrogens is 204 g/mol. The Bertz CT molecular complexity index is 169. The van der Waals surface area contributed by atoms with Crippen molar-refractivity contribution in [2.45, 2.75) is 64.9 Å². The van der Waals surface area contributed by atoms with Crippen LogP contribution in [-0.4, -0.2) is 25.8 Å². The minimum Gasteiger partial charge on any atom is -0.461 e. The molecule has 16 heavy (non-hydrogen) atoms. The molecular formula is C13H26O3. The minimum absolute atomic E-state index is 0.0221. The number of unbranched alkanes of at least 4 members (excludes halogenated alkanes) is 5. The van der Waals surface area contributed by atoms with Gasteiger partial charge in [-0.05, 0) is 19.8 Å². The Labute approximate surface area is 99.5 Å². The molecule has 0 aliphatic heterocycles. The molecule has 0 aliphatic rings. The summed E-state index contributed by atoms with van der Waals surface area (Å²) in [6.07, 6.45) is 8.61. The molecule has 3 nitrogen and oxygen atoms in total. The van der Waals surface area contributed by atoms with Gasteiger partial charge in [0.25, 0.3) is 0 Å². The van der Waals surface area contributed by atoms with E-state index in [-0.39, 0.29) is 18.7 Å². The van der Waals surface area contributed by atoms with Crippen LogP contribution in [0, 0.1) is 0 Å². The fourth-order valence-corrected chi connectivity index (χ4v) is 1.65. The quantitative estimate of drug-likeness (QED) is 0.426. The van der Waals surface area contributed by atoms with E-state index in [0.29, 0.717) is 0 Å². The summed E-state index contributed by atoms with van der Waals surface area (Å²) < 4.78 is 9.85. The average molecular weight is 230 g/mol. The second-order valence-corrected chi connectivity index (χ2v) is 4.29. The number of carbonyl (C=O) groups is 1. The van der Waals surface area contributed by atoms with E-state index in [9.17, 15) is 4.79 Å². The van der Waals surface area contributed by atoms with E-state index in [4.69, 9.17) is 9.47 Å². The van der Waals surface area contributed by atoms with Crippen molar-refractivity contribution in [1.29, 1.82) is 0 Å². The van der Waals surface area contributed by atoms with E-state index in [1.54, 1.807) is 0 Å². The van der Waals surface area contributed by atoms with E-state index >= 15 is 0 Å². The zero-order valence-electron chi connectivity index (χ0n) is 11.0. The van der Waals surface area contributed by atoms with Crippen LogP contribution in [0.5, 0.6) is 0 Å². The molecule has 0 heterocycles. The lowest BCUT2D eigenvalue weighted by atomic mass is 10.1. The van der Waals surface area contributed by atoms with Gasteiger partial charge in [0.1, 0.15) is 6.61 Å². The monoisotopic (exact) mass is 230 g/mol. The van der Waals surface area contributed by atoms with Gasteiger partial charge in [-0.3, -0.25) is 0 Å². The number of hydrogen-bond donors (Lipinski definition) is 0. The van der Waals surface area contributed by atoms with Crippen molar-refractivity contribution in [2.24, 2.45) is 0 Å². The van der Waals surface area contributed by atoms with Gasteiger partial charge in [0, 0.05) is 7.11 Å². The van der Waals surface area contributed by atoms with Crippen molar-refractivity contribution < 1.29 is 14.3 Å². The number of rotatable bonds is 10. The van der Waals surface area contributed by atoms with Gasteiger partial charge in [-0.2, -0.15) is 0 Å². The van der Waals surface area contributed by atoms with Crippen molar-refractivity contribution in [2.75, 3.05) is 13.7 Å². The molecule has 0 aromatic rings. The largest absolute Gasteiger partial charge is 0.461 e. The van der Waals surface area contributed by atoms with Crippen molar-refractivity contribution in [3.05, 3.63) is 0 Å². The number of hydrogen-bond acceptors (Lipinski definition) is 3. The van der Waals surface area contributed by atoms with Crippen molar-refractivity contribution in [1.82, 2.24) is 0 Å². The molecule has 0 aromatic carbocycles. The van der Waals surface area contributed by atoms with Gasteiger partial charge in [0.15, 0.2) is 0 Å². The standard InChI is InChI=1S/C13H26O3/c1-4-5-6-7-8-9-10-12(2)16-13(14)11-15-3/h12H,4-11H2,1-3H3. The zero-order valence-corrected chi connectivity index (χ0v) is 11.0. The summed E-state index contributed by atoms with van der Waals surface area (Å²) in [6.45, 7) is 4.22. The molecule has 0 spiro atoms. The Kier molecular flexibility index (Phi) is 10.5. The molecule has 1 atom stereocenters. The Hall–Kier alpha value is -0.570. The molecule has 0 aromatic heterocycles. The first-order valence-electron chi connectivity index (χ1n) is 6.39. The van der Waals surface area contributed by atoms with Crippen LogP contribution in [0.3, 0.4) is 0 Å². The van der Waals surface area contributed by atoms with Gasteiger partial charge in [-0.25, -0.2) is 4.79 Å². The molecule has 0 rings (SSSR count). The zero-order chi connectivity index (χ0) is 12.2. The molecule has 0 radical (unpaired) electrons. The third-order valence-corrected chi connectivity index (χ3v) is 2.56. The van der Waals surface area contributed by atoms with Crippen molar-refractivity contribution in [3.8, 4) is 0 Å². The van der Waals surface area contributed by atoms with Gasteiger partial charge >= 0.3 is 5.97 Å². The first-order chi connectivity index (χ1) is 7.70. The highest BCUT2D eigenvalue weighted by Crippen LogP contribution is 2.10. The van der Waals surface area contributed by atoms with Gasteiger partial charge in [-0.1, -0.05) is 39.0 Å². The van der Waals surface area contributed by atoms with Crippen LogP contribution in [0.1, 0.15) is 58.8 Å². The SMILES string of the molecule is CCCCCCCCC(C)OC(=O)COC. The van der Waals surface area contributed by atoms with Crippen LogP contribution < -0.4 is 0 Å². The maximum Gasteiger partial charge on any atom is 0.332 e. The second kappa shape index (κ2) is 10.9. The Morgan fingerprint density at radius 3 is 2.38 bits per heavy atom. The van der Waals surface area contributed by atoms with E-state index in [1.165, 1.54) is 39.2 Å². The molecule has 0 aliphatic carbocycles. The summed E-state index contributed by atoms with van der Waals surface area (Å²) in [5, 5.41) is 0. The van der Waals surface area contributed by atoms with Crippen molar-refractivity contribution in [3.63, 3.8) is 0 Å². The summed E-state index contributed by atoms with van der Waals surface area (Å²) in [7, 11) is 1.50. The highest BCUT2D eigenvalue weighted by molar-refractivity contribution is 5.70. The van der Waals surface area contributed by atoms with Gasteiger partial charge in [0.05, 0.1) is 6.10 Å². The average Bonchev–Trinajstić information content (AvgIpc) is 2.23. The summed E-state index contributed by atoms with van der Waals surface area (Å²) in [5.41, 5.74) is 0. The molecule has 0 amide bonds. The first-order valence-corrected chi connectivity index (χ1v) is 6.39. The number of carbonyl (C=O) groups excluding carboxylic acids is 1. The fraction of sp³-hybridized carbons (Fsp3) is 0.923. The normalized spacial score (nSPS) is 12.4. The lowest BCUT2D eigenvalue weighted by molar-refractivity contribution is -0.152. The van der Waals surface area contributed by atoms with Gasteiger partial charge in [-0.15, -0.1) is 0 Å². The summed E-state index contributed by atoms with van der Waals surface area (Å²) in [6, 6.07) is 0. The molecule has 0 saturated carbocycles. The van der Waals surface area contributed by atoms with Gasteiger partial charge < -0.3 is 9.47 Å². The van der Waals surface area contributed by atoms with Crippen LogP contribution in [0.4, 0.5) is 0 Å². The maximum atomic E-state index is 11.1. The Balaban J connectivity index is 3.29. The van der Waals surface area contributed by atoms with E-state index in [1.807, 2.05) is 6.92 Å². The third kappa shape index (κ3) is 9.97. The fourth-order valence-electron chi connectivity index (χ4n) is 1.65. The summed E-state index contributed by atoms with van der Waals surface area (Å²) in [5.74, 6) is -0.263. The van der Waals surface area contributed by atoms with E-state index in [0.717, 1.165) is 12.8 Å². The molecule has 0 bridgehead atoms. The molecule has 0 fully saturated rings. The smallest absolute Gasteiger partial charge is 0.332 e. The maximum absolute atomic E-state index is 11.1. The number of esters is 1. The number of ether oxygens (including phenoxy) is 2. The lowest BCUT2D eigenvalue weighted by Crippen LogP contribution is -2.18. The predicted molar refractivity (Wildman–Crippen MR) is 65.4 cm³/mol. The van der Waals surface area contributed by atoms with Crippen LogP contribution in [0.15, 0.2) is 0 Å². The van der Waals surface area contributed by atoms with Gasteiger partial charge in [0.2, 0.25) is 0 Å². The van der Waals surface area contributed by atoms with Crippen LogP contribution in [0.25, 0.3) is 0 Å². The number of methoxy groups -OCH3 is 1. The Morgan fingerprint density at radius 1 is 1.12 bits per heavy atom. The lowest BCUT2D eigenvalue weighted by Gasteiger charge is -2.12. The summed E-state index contributed by atoms with van der Waals surface area (Å²) in [4.78, 5) is 11.1. The van der Waals surface area contributed by atoms with Crippen LogP contribution >= 0.6 is 0 Å². The molecule has 1 unspecified atom stereocenters. The Morgan fingerprint density at radius 2 is 1.75 bits per heavy atom. The third-order valence-electron chi connectivity index (χ3n) is 2.56. The summed E-state index contributed by atoms with van der Waals surface area (Å²) >= 11 is 0. The molecule has 0 saturated heterocycles.